The Balaban J connectivity index is 2.43. The highest BCUT2D eigenvalue weighted by Gasteiger charge is 2.09. The van der Waals surface area contributed by atoms with Gasteiger partial charge in [0, 0.05) is 17.0 Å². The Morgan fingerprint density at radius 1 is 1.50 bits per heavy atom. The molecule has 0 amide bonds. The molecule has 0 saturated carbocycles. The van der Waals surface area contributed by atoms with Gasteiger partial charge in [-0.1, -0.05) is 38.1 Å². The predicted octanol–water partition coefficient (Wildman–Crippen LogP) is 1.31. The van der Waals surface area contributed by atoms with Crippen molar-refractivity contribution < 1.29 is 9.90 Å². The molecule has 0 saturated heterocycles. The molecule has 1 N–H and O–H groups in total. The van der Waals surface area contributed by atoms with Crippen LogP contribution < -0.4 is 5.11 Å². The molecule has 20 heavy (non-hydrogen) atoms. The summed E-state index contributed by atoms with van der Waals surface area (Å²) in [5.74, 6) is -0.430. The maximum atomic E-state index is 11.0. The normalized spacial score (nSPS) is 11.3. The van der Waals surface area contributed by atoms with Crippen LogP contribution in [0.4, 0.5) is 0 Å². The molecule has 0 aliphatic heterocycles. The number of rotatable bonds is 4. The fourth-order valence-electron chi connectivity index (χ4n) is 1.70. The zero-order chi connectivity index (χ0) is 14.7. The number of hydrogen-bond donors (Lipinski definition) is 1. The molecule has 0 atom stereocenters. The van der Waals surface area contributed by atoms with Crippen LogP contribution in [-0.4, -0.2) is 27.1 Å². The van der Waals surface area contributed by atoms with Gasteiger partial charge in [-0.25, -0.2) is 0 Å². The zero-order valence-corrected chi connectivity index (χ0v) is 11.8. The number of aromatic nitrogens is 3. The molecule has 1 aromatic heterocycles. The Kier molecular flexibility index (Phi) is 4.09. The smallest absolute Gasteiger partial charge is 0.216 e. The fraction of sp³-hybridized carbons (Fsp3) is 0.231. The van der Waals surface area contributed by atoms with E-state index >= 15 is 0 Å². The molecule has 0 bridgehead atoms. The van der Waals surface area contributed by atoms with E-state index in [1.54, 1.807) is 18.2 Å². The standard InChI is InChI=1S/C13H14N4O2S/c1-8(2)11-15-16-13(20)17(11)14-7-9-5-3-4-6-10(9)12(18)19/h3-8H,1-2H3,(H,16,20)(H,18,19)/p-1/b14-7-. The lowest BCUT2D eigenvalue weighted by Crippen LogP contribution is -2.23. The highest BCUT2D eigenvalue weighted by atomic mass is 32.1. The molecule has 1 heterocycles. The number of carboxylic acid groups (broad SMARTS) is 1. The number of nitrogens with zero attached hydrogens (tertiary/aromatic N) is 3. The Bertz CT molecular complexity index is 715. The lowest BCUT2D eigenvalue weighted by atomic mass is 10.1. The number of carbonyl (C=O) groups excluding carboxylic acids is 1. The summed E-state index contributed by atoms with van der Waals surface area (Å²) in [5.41, 5.74) is 0.530. The summed E-state index contributed by atoms with van der Waals surface area (Å²) in [6, 6.07) is 6.47. The molecule has 0 fully saturated rings. The van der Waals surface area contributed by atoms with Crippen molar-refractivity contribution in [3.8, 4) is 0 Å². The minimum Gasteiger partial charge on any atom is -0.545 e. The van der Waals surface area contributed by atoms with Gasteiger partial charge in [0.2, 0.25) is 4.77 Å². The van der Waals surface area contributed by atoms with Crippen molar-refractivity contribution >= 4 is 24.4 Å². The number of benzene rings is 1. The van der Waals surface area contributed by atoms with Crippen LogP contribution in [0.3, 0.4) is 0 Å². The highest BCUT2D eigenvalue weighted by molar-refractivity contribution is 7.71. The third-order valence-electron chi connectivity index (χ3n) is 2.68. The van der Waals surface area contributed by atoms with Gasteiger partial charge in [-0.3, -0.25) is 5.10 Å². The number of aromatic amines is 1. The Hall–Kier alpha value is -2.28. The molecule has 6 nitrogen and oxygen atoms in total. The Morgan fingerprint density at radius 2 is 2.20 bits per heavy atom. The summed E-state index contributed by atoms with van der Waals surface area (Å²) in [4.78, 5) is 11.0. The zero-order valence-electron chi connectivity index (χ0n) is 11.0. The number of H-pyrrole nitrogens is 1. The van der Waals surface area contributed by atoms with Crippen LogP contribution >= 0.6 is 12.2 Å². The first-order chi connectivity index (χ1) is 9.50. The maximum Gasteiger partial charge on any atom is 0.216 e. The highest BCUT2D eigenvalue weighted by Crippen LogP contribution is 2.12. The van der Waals surface area contributed by atoms with Crippen molar-refractivity contribution in [1.29, 1.82) is 0 Å². The lowest BCUT2D eigenvalue weighted by Gasteiger charge is -2.06. The van der Waals surface area contributed by atoms with E-state index in [4.69, 9.17) is 12.2 Å². The third kappa shape index (κ3) is 2.83. The van der Waals surface area contributed by atoms with Gasteiger partial charge in [-0.05, 0) is 12.2 Å². The largest absolute Gasteiger partial charge is 0.545 e. The Morgan fingerprint density at radius 3 is 2.85 bits per heavy atom. The maximum absolute atomic E-state index is 11.0. The minimum atomic E-state index is -1.24. The molecule has 0 radical (unpaired) electrons. The predicted molar refractivity (Wildman–Crippen MR) is 75.3 cm³/mol. The van der Waals surface area contributed by atoms with Crippen LogP contribution in [0.1, 0.15) is 41.5 Å². The second kappa shape index (κ2) is 5.79. The van der Waals surface area contributed by atoms with Crippen molar-refractivity contribution in [3.63, 3.8) is 0 Å². The molecule has 0 unspecified atom stereocenters. The van der Waals surface area contributed by atoms with Crippen molar-refractivity contribution in [1.82, 2.24) is 14.9 Å². The minimum absolute atomic E-state index is 0.0809. The monoisotopic (exact) mass is 289 g/mol. The number of carbonyl (C=O) groups is 1. The average Bonchev–Trinajstić information content (AvgIpc) is 2.78. The van der Waals surface area contributed by atoms with E-state index in [-0.39, 0.29) is 11.5 Å². The second-order valence-electron chi connectivity index (χ2n) is 4.47. The van der Waals surface area contributed by atoms with E-state index in [0.717, 1.165) is 0 Å². The van der Waals surface area contributed by atoms with Gasteiger partial charge in [0.1, 0.15) is 0 Å². The molecular weight excluding hydrogens is 276 g/mol. The van der Waals surface area contributed by atoms with Crippen LogP contribution in [0.2, 0.25) is 0 Å². The van der Waals surface area contributed by atoms with E-state index in [1.807, 2.05) is 13.8 Å². The Labute approximate surface area is 120 Å². The van der Waals surface area contributed by atoms with Gasteiger partial charge < -0.3 is 9.90 Å². The van der Waals surface area contributed by atoms with Crippen molar-refractivity contribution in [3.05, 3.63) is 46.0 Å². The number of aromatic carboxylic acids is 1. The summed E-state index contributed by atoms with van der Waals surface area (Å²) < 4.78 is 1.84. The number of carboxylic acids is 1. The number of nitrogens with one attached hydrogen (secondary N) is 1. The van der Waals surface area contributed by atoms with Crippen molar-refractivity contribution in [2.45, 2.75) is 19.8 Å². The topological polar surface area (TPSA) is 86.1 Å². The molecule has 7 heteroatoms. The fourth-order valence-corrected chi connectivity index (χ4v) is 1.89. The molecule has 2 aromatic rings. The van der Waals surface area contributed by atoms with Crippen LogP contribution in [0, 0.1) is 4.77 Å². The van der Waals surface area contributed by atoms with Crippen LogP contribution in [-0.2, 0) is 0 Å². The molecule has 1 aromatic carbocycles. The molecule has 0 spiro atoms. The van der Waals surface area contributed by atoms with Gasteiger partial charge in [0.15, 0.2) is 5.82 Å². The van der Waals surface area contributed by atoms with Gasteiger partial charge in [0.05, 0.1) is 12.2 Å². The average molecular weight is 289 g/mol. The summed E-state index contributed by atoms with van der Waals surface area (Å²) in [7, 11) is 0. The van der Waals surface area contributed by atoms with E-state index in [1.165, 1.54) is 17.0 Å². The SMILES string of the molecule is CC(C)c1n[nH]c(=S)n1/N=C\c1ccccc1C(=O)[O-]. The van der Waals surface area contributed by atoms with Crippen molar-refractivity contribution in [2.24, 2.45) is 5.10 Å². The quantitative estimate of drug-likeness (QED) is 0.679. The third-order valence-corrected chi connectivity index (χ3v) is 2.95. The first-order valence-corrected chi connectivity index (χ1v) is 6.43. The van der Waals surface area contributed by atoms with Gasteiger partial charge in [-0.15, -0.1) is 0 Å². The van der Waals surface area contributed by atoms with Gasteiger partial charge in [0.25, 0.3) is 0 Å². The summed E-state index contributed by atoms with van der Waals surface area (Å²) in [5, 5.41) is 22.0. The van der Waals surface area contributed by atoms with Crippen LogP contribution in [0.5, 0.6) is 0 Å². The first-order valence-electron chi connectivity index (χ1n) is 6.02. The van der Waals surface area contributed by atoms with E-state index < -0.39 is 5.97 Å². The summed E-state index contributed by atoms with van der Waals surface area (Å²) >= 11 is 5.09. The molecule has 0 aliphatic rings. The van der Waals surface area contributed by atoms with Crippen molar-refractivity contribution in [2.75, 3.05) is 0 Å². The van der Waals surface area contributed by atoms with E-state index in [2.05, 4.69) is 15.3 Å². The summed E-state index contributed by atoms with van der Waals surface area (Å²) in [6.07, 6.45) is 1.43. The molecule has 104 valence electrons. The van der Waals surface area contributed by atoms with E-state index in [0.29, 0.717) is 16.2 Å². The van der Waals surface area contributed by atoms with Gasteiger partial charge >= 0.3 is 0 Å². The lowest BCUT2D eigenvalue weighted by molar-refractivity contribution is -0.255. The number of hydrogen-bond acceptors (Lipinski definition) is 5. The van der Waals surface area contributed by atoms with Gasteiger partial charge in [-0.2, -0.15) is 14.9 Å². The van der Waals surface area contributed by atoms with Crippen LogP contribution in [0.15, 0.2) is 29.4 Å². The summed E-state index contributed by atoms with van der Waals surface area (Å²) in [6.45, 7) is 3.93. The second-order valence-corrected chi connectivity index (χ2v) is 4.86. The molecular formula is C13H13N4O2S-. The first kappa shape index (κ1) is 14.1. The van der Waals surface area contributed by atoms with E-state index in [9.17, 15) is 9.90 Å². The van der Waals surface area contributed by atoms with Crippen LogP contribution in [0.25, 0.3) is 0 Å². The molecule has 0 aliphatic carbocycles. The molecule has 2 rings (SSSR count).